The molecule has 0 saturated heterocycles. The molecule has 1 unspecified atom stereocenters. The summed E-state index contributed by atoms with van der Waals surface area (Å²) in [5, 5.41) is 13.8. The molecule has 3 N–H and O–H groups in total. The summed E-state index contributed by atoms with van der Waals surface area (Å²) in [7, 11) is 0. The van der Waals surface area contributed by atoms with E-state index < -0.39 is 17.9 Å². The SMILES string of the molecule is CC(CCNC(=O)Nc1ccc(F)cc1I)C(=O)O. The minimum atomic E-state index is -0.893. The van der Waals surface area contributed by atoms with Gasteiger partial charge in [0.25, 0.3) is 0 Å². The number of hydrogen-bond donors (Lipinski definition) is 3. The van der Waals surface area contributed by atoms with Gasteiger partial charge >= 0.3 is 12.0 Å². The van der Waals surface area contributed by atoms with E-state index in [-0.39, 0.29) is 12.4 Å². The largest absolute Gasteiger partial charge is 0.481 e. The van der Waals surface area contributed by atoms with Crippen molar-refractivity contribution in [1.82, 2.24) is 5.32 Å². The molecule has 1 rings (SSSR count). The maximum atomic E-state index is 12.9. The first-order chi connectivity index (χ1) is 8.90. The number of rotatable bonds is 5. The Morgan fingerprint density at radius 2 is 2.16 bits per heavy atom. The van der Waals surface area contributed by atoms with Crippen molar-refractivity contribution in [2.75, 3.05) is 11.9 Å². The fourth-order valence-electron chi connectivity index (χ4n) is 1.28. The monoisotopic (exact) mass is 380 g/mol. The zero-order valence-electron chi connectivity index (χ0n) is 10.2. The second-order valence-corrected chi connectivity index (χ2v) is 5.20. The van der Waals surface area contributed by atoms with E-state index in [2.05, 4.69) is 10.6 Å². The molecule has 0 aromatic heterocycles. The molecule has 7 heteroatoms. The number of halogens is 2. The zero-order valence-corrected chi connectivity index (χ0v) is 12.4. The van der Waals surface area contributed by atoms with Crippen LogP contribution >= 0.6 is 22.6 Å². The number of carboxylic acids is 1. The number of hydrogen-bond acceptors (Lipinski definition) is 2. The molecule has 1 atom stereocenters. The Bertz CT molecular complexity index is 482. The Hall–Kier alpha value is -1.38. The molecule has 0 aliphatic rings. The summed E-state index contributed by atoms with van der Waals surface area (Å²) in [4.78, 5) is 22.1. The molecular formula is C12H14FIN2O3. The summed E-state index contributed by atoms with van der Waals surface area (Å²) < 4.78 is 13.5. The van der Waals surface area contributed by atoms with E-state index in [4.69, 9.17) is 5.11 Å². The van der Waals surface area contributed by atoms with Crippen LogP contribution in [0.25, 0.3) is 0 Å². The van der Waals surface area contributed by atoms with Crippen molar-refractivity contribution in [2.45, 2.75) is 13.3 Å². The van der Waals surface area contributed by atoms with Crippen LogP contribution in [0.3, 0.4) is 0 Å². The highest BCUT2D eigenvalue weighted by molar-refractivity contribution is 14.1. The van der Waals surface area contributed by atoms with E-state index >= 15 is 0 Å². The number of nitrogens with one attached hydrogen (secondary N) is 2. The number of carbonyl (C=O) groups excluding carboxylic acids is 1. The Labute approximate surface area is 123 Å². The van der Waals surface area contributed by atoms with Crippen molar-refractivity contribution in [3.05, 3.63) is 27.6 Å². The van der Waals surface area contributed by atoms with Crippen LogP contribution in [0.15, 0.2) is 18.2 Å². The lowest BCUT2D eigenvalue weighted by molar-refractivity contribution is -0.141. The summed E-state index contributed by atoms with van der Waals surface area (Å²) >= 11 is 1.92. The molecule has 2 amide bonds. The molecule has 5 nitrogen and oxygen atoms in total. The molecule has 104 valence electrons. The number of benzene rings is 1. The number of anilines is 1. The number of urea groups is 1. The van der Waals surface area contributed by atoms with Gasteiger partial charge in [0, 0.05) is 10.1 Å². The van der Waals surface area contributed by atoms with Crippen molar-refractivity contribution >= 4 is 40.3 Å². The molecule has 1 aromatic rings. The summed E-state index contributed by atoms with van der Waals surface area (Å²) in [6, 6.07) is 3.59. The highest BCUT2D eigenvalue weighted by atomic mass is 127. The Morgan fingerprint density at radius 3 is 2.74 bits per heavy atom. The molecule has 0 aliphatic heterocycles. The summed E-state index contributed by atoms with van der Waals surface area (Å²) in [5.41, 5.74) is 0.505. The molecule has 0 radical (unpaired) electrons. The molecule has 0 bridgehead atoms. The maximum absolute atomic E-state index is 12.9. The van der Waals surface area contributed by atoms with Crippen molar-refractivity contribution in [1.29, 1.82) is 0 Å². The third-order valence-electron chi connectivity index (χ3n) is 2.46. The molecule has 0 saturated carbocycles. The molecule has 0 spiro atoms. The van der Waals surface area contributed by atoms with Gasteiger partial charge < -0.3 is 15.7 Å². The minimum absolute atomic E-state index is 0.261. The summed E-state index contributed by atoms with van der Waals surface area (Å²) in [5.74, 6) is -1.77. The van der Waals surface area contributed by atoms with Gasteiger partial charge in [-0.1, -0.05) is 6.92 Å². The number of carbonyl (C=O) groups is 2. The zero-order chi connectivity index (χ0) is 14.4. The van der Waals surface area contributed by atoms with Crippen LogP contribution < -0.4 is 10.6 Å². The average molecular weight is 380 g/mol. The van der Waals surface area contributed by atoms with Gasteiger partial charge in [-0.2, -0.15) is 0 Å². The molecule has 0 fully saturated rings. The molecule has 1 aromatic carbocycles. The first-order valence-electron chi connectivity index (χ1n) is 5.63. The van der Waals surface area contributed by atoms with E-state index in [0.29, 0.717) is 15.7 Å². The maximum Gasteiger partial charge on any atom is 0.319 e. The lowest BCUT2D eigenvalue weighted by Gasteiger charge is -2.10. The number of amides is 2. The number of aliphatic carboxylic acids is 1. The van der Waals surface area contributed by atoms with Crippen LogP contribution in [-0.4, -0.2) is 23.7 Å². The van der Waals surface area contributed by atoms with Crippen LogP contribution in [0.5, 0.6) is 0 Å². The summed E-state index contributed by atoms with van der Waals surface area (Å²) in [6.07, 6.45) is 0.350. The smallest absolute Gasteiger partial charge is 0.319 e. The third kappa shape index (κ3) is 5.41. The van der Waals surface area contributed by atoms with E-state index in [0.717, 1.165) is 0 Å². The van der Waals surface area contributed by atoms with E-state index in [1.165, 1.54) is 18.2 Å². The van der Waals surface area contributed by atoms with Crippen LogP contribution in [0.2, 0.25) is 0 Å². The van der Waals surface area contributed by atoms with Gasteiger partial charge in [0.05, 0.1) is 11.6 Å². The second-order valence-electron chi connectivity index (χ2n) is 4.03. The van der Waals surface area contributed by atoms with Gasteiger partial charge in [-0.25, -0.2) is 9.18 Å². The average Bonchev–Trinajstić information content (AvgIpc) is 2.32. The lowest BCUT2D eigenvalue weighted by Crippen LogP contribution is -2.31. The third-order valence-corrected chi connectivity index (χ3v) is 3.36. The first kappa shape index (κ1) is 15.7. The van der Waals surface area contributed by atoms with Crippen molar-refractivity contribution < 1.29 is 19.1 Å². The van der Waals surface area contributed by atoms with Gasteiger partial charge in [0.2, 0.25) is 0 Å². The van der Waals surface area contributed by atoms with Crippen LogP contribution in [0.4, 0.5) is 14.9 Å². The minimum Gasteiger partial charge on any atom is -0.481 e. The van der Waals surface area contributed by atoms with Gasteiger partial charge in [-0.15, -0.1) is 0 Å². The van der Waals surface area contributed by atoms with Gasteiger partial charge in [-0.3, -0.25) is 4.79 Å². The fraction of sp³-hybridized carbons (Fsp3) is 0.333. The van der Waals surface area contributed by atoms with Gasteiger partial charge in [-0.05, 0) is 47.2 Å². The van der Waals surface area contributed by atoms with Crippen LogP contribution in [0.1, 0.15) is 13.3 Å². The van der Waals surface area contributed by atoms with E-state index in [1.54, 1.807) is 6.92 Å². The van der Waals surface area contributed by atoms with Crippen molar-refractivity contribution in [3.8, 4) is 0 Å². The topological polar surface area (TPSA) is 78.4 Å². The fourth-order valence-corrected chi connectivity index (χ4v) is 1.90. The van der Waals surface area contributed by atoms with Crippen LogP contribution in [0, 0.1) is 15.3 Å². The van der Waals surface area contributed by atoms with Gasteiger partial charge in [0.15, 0.2) is 0 Å². The molecule has 0 aliphatic carbocycles. The summed E-state index contributed by atoms with van der Waals surface area (Å²) in [6.45, 7) is 1.84. The highest BCUT2D eigenvalue weighted by Gasteiger charge is 2.11. The Morgan fingerprint density at radius 1 is 1.47 bits per heavy atom. The quantitative estimate of drug-likeness (QED) is 0.688. The van der Waals surface area contributed by atoms with Crippen LogP contribution in [-0.2, 0) is 4.79 Å². The standard InChI is InChI=1S/C12H14FIN2O3/c1-7(11(17)18)4-5-15-12(19)16-10-3-2-8(13)6-9(10)14/h2-3,6-7H,4-5H2,1H3,(H,17,18)(H2,15,16,19). The van der Waals surface area contributed by atoms with Crippen molar-refractivity contribution in [3.63, 3.8) is 0 Å². The molecule has 19 heavy (non-hydrogen) atoms. The normalized spacial score (nSPS) is 11.7. The lowest BCUT2D eigenvalue weighted by atomic mass is 10.1. The molecular weight excluding hydrogens is 366 g/mol. The van der Waals surface area contributed by atoms with E-state index in [9.17, 15) is 14.0 Å². The first-order valence-corrected chi connectivity index (χ1v) is 6.70. The predicted octanol–water partition coefficient (Wildman–Crippen LogP) is 2.66. The predicted molar refractivity (Wildman–Crippen MR) is 77.6 cm³/mol. The Kier molecular flexibility index (Phi) is 6.00. The van der Waals surface area contributed by atoms with Crippen molar-refractivity contribution in [2.24, 2.45) is 5.92 Å². The second kappa shape index (κ2) is 7.27. The number of carboxylic acid groups (broad SMARTS) is 1. The molecule has 0 heterocycles. The highest BCUT2D eigenvalue weighted by Crippen LogP contribution is 2.18. The Balaban J connectivity index is 2.41. The van der Waals surface area contributed by atoms with E-state index in [1.807, 2.05) is 22.6 Å². The van der Waals surface area contributed by atoms with Gasteiger partial charge in [0.1, 0.15) is 5.82 Å².